The van der Waals surface area contributed by atoms with E-state index in [9.17, 15) is 9.59 Å². The van der Waals surface area contributed by atoms with Gasteiger partial charge in [-0.25, -0.2) is 4.68 Å². The molecule has 1 atom stereocenters. The van der Waals surface area contributed by atoms with Gasteiger partial charge in [0.2, 0.25) is 11.8 Å². The zero-order valence-electron chi connectivity index (χ0n) is 19.5. The zero-order valence-corrected chi connectivity index (χ0v) is 19.5. The molecule has 2 N–H and O–H groups in total. The highest BCUT2D eigenvalue weighted by atomic mass is 16.5. The van der Waals surface area contributed by atoms with E-state index in [4.69, 9.17) is 9.47 Å². The van der Waals surface area contributed by atoms with Crippen LogP contribution in [0.5, 0.6) is 11.5 Å². The van der Waals surface area contributed by atoms with Gasteiger partial charge in [0, 0.05) is 42.8 Å². The number of rotatable bonds is 10. The predicted octanol–water partition coefficient (Wildman–Crippen LogP) is 3.18. The molecule has 1 aliphatic rings. The van der Waals surface area contributed by atoms with Crippen molar-refractivity contribution in [2.45, 2.75) is 44.2 Å². The van der Waals surface area contributed by atoms with Crippen molar-refractivity contribution >= 4 is 11.8 Å². The summed E-state index contributed by atoms with van der Waals surface area (Å²) in [6.45, 7) is 0.390. The molecule has 1 fully saturated rings. The Hall–Kier alpha value is -3.81. The van der Waals surface area contributed by atoms with Gasteiger partial charge in [0.1, 0.15) is 11.5 Å². The first kappa shape index (κ1) is 23.4. The van der Waals surface area contributed by atoms with E-state index in [0.717, 1.165) is 34.7 Å². The lowest BCUT2D eigenvalue weighted by atomic mass is 9.85. The number of carbonyl (C=O) groups is 2. The summed E-state index contributed by atoms with van der Waals surface area (Å²) >= 11 is 0. The normalized spacial score (nSPS) is 17.3. The molecule has 8 heteroatoms. The van der Waals surface area contributed by atoms with Gasteiger partial charge in [-0.1, -0.05) is 18.2 Å². The minimum Gasteiger partial charge on any atom is -0.497 e. The first-order valence-corrected chi connectivity index (χ1v) is 11.4. The van der Waals surface area contributed by atoms with Crippen molar-refractivity contribution in [3.05, 3.63) is 72.1 Å². The van der Waals surface area contributed by atoms with Crippen LogP contribution in [0.4, 0.5) is 0 Å². The van der Waals surface area contributed by atoms with Crippen LogP contribution in [0.15, 0.2) is 60.9 Å². The lowest BCUT2D eigenvalue weighted by Crippen LogP contribution is -2.44. The van der Waals surface area contributed by atoms with Gasteiger partial charge in [0.05, 0.1) is 26.1 Å². The fourth-order valence-electron chi connectivity index (χ4n) is 4.30. The van der Waals surface area contributed by atoms with Crippen molar-refractivity contribution in [2.75, 3.05) is 14.2 Å². The fraction of sp³-hybridized carbons (Fsp3) is 0.346. The van der Waals surface area contributed by atoms with Crippen LogP contribution >= 0.6 is 0 Å². The lowest BCUT2D eigenvalue weighted by molar-refractivity contribution is -0.122. The number of hydrogen-bond acceptors (Lipinski definition) is 5. The Morgan fingerprint density at radius 3 is 2.62 bits per heavy atom. The average molecular weight is 463 g/mol. The van der Waals surface area contributed by atoms with Crippen molar-refractivity contribution in [3.8, 4) is 17.2 Å². The van der Waals surface area contributed by atoms with Crippen LogP contribution in [-0.2, 0) is 22.6 Å². The van der Waals surface area contributed by atoms with E-state index in [1.807, 2.05) is 54.7 Å². The number of carbonyl (C=O) groups excluding carboxylic acids is 2. The lowest BCUT2D eigenvalue weighted by Gasteiger charge is -2.29. The summed E-state index contributed by atoms with van der Waals surface area (Å²) in [5, 5.41) is 10.5. The molecule has 4 rings (SSSR count). The van der Waals surface area contributed by atoms with Gasteiger partial charge in [-0.15, -0.1) is 0 Å². The predicted molar refractivity (Wildman–Crippen MR) is 128 cm³/mol. The highest BCUT2D eigenvalue weighted by Crippen LogP contribution is 2.30. The molecule has 0 aliphatic carbocycles. The Bertz CT molecular complexity index is 1140. The smallest absolute Gasteiger partial charge is 0.220 e. The molecule has 0 radical (unpaired) electrons. The minimum atomic E-state index is -0.403. The van der Waals surface area contributed by atoms with Gasteiger partial charge in [-0.3, -0.25) is 9.59 Å². The van der Waals surface area contributed by atoms with Crippen LogP contribution in [-0.4, -0.2) is 41.4 Å². The van der Waals surface area contributed by atoms with Crippen LogP contribution in [0.1, 0.15) is 36.8 Å². The van der Waals surface area contributed by atoms with Crippen LogP contribution in [0.25, 0.3) is 5.69 Å². The number of benzene rings is 2. The Morgan fingerprint density at radius 1 is 1.12 bits per heavy atom. The summed E-state index contributed by atoms with van der Waals surface area (Å²) < 4.78 is 12.2. The Labute approximate surface area is 199 Å². The van der Waals surface area contributed by atoms with Gasteiger partial charge in [0.15, 0.2) is 0 Å². The minimum absolute atomic E-state index is 0.0406. The monoisotopic (exact) mass is 462 g/mol. The third-order valence-electron chi connectivity index (χ3n) is 6.21. The molecule has 2 heterocycles. The quantitative estimate of drug-likeness (QED) is 0.483. The Morgan fingerprint density at radius 2 is 1.91 bits per heavy atom. The summed E-state index contributed by atoms with van der Waals surface area (Å²) in [5.41, 5.74) is 2.49. The highest BCUT2D eigenvalue weighted by Gasteiger charge is 2.37. The maximum atomic E-state index is 12.6. The second-order valence-corrected chi connectivity index (χ2v) is 8.62. The number of nitrogens with zero attached hydrogens (tertiary/aromatic N) is 2. The zero-order chi connectivity index (χ0) is 24.0. The van der Waals surface area contributed by atoms with E-state index < -0.39 is 5.54 Å². The summed E-state index contributed by atoms with van der Waals surface area (Å²) in [6, 6.07) is 15.5. The van der Waals surface area contributed by atoms with Gasteiger partial charge in [-0.05, 0) is 49.1 Å². The van der Waals surface area contributed by atoms with E-state index in [0.29, 0.717) is 32.2 Å². The van der Waals surface area contributed by atoms with E-state index in [1.165, 1.54) is 0 Å². The molecule has 1 aliphatic heterocycles. The van der Waals surface area contributed by atoms with Gasteiger partial charge in [0.25, 0.3) is 0 Å². The summed E-state index contributed by atoms with van der Waals surface area (Å²) in [4.78, 5) is 24.6. The van der Waals surface area contributed by atoms with Crippen molar-refractivity contribution < 1.29 is 19.1 Å². The molecule has 34 heavy (non-hydrogen) atoms. The Balaban J connectivity index is 1.32. The number of nitrogens with one attached hydrogen (secondary N) is 2. The van der Waals surface area contributed by atoms with E-state index in [2.05, 4.69) is 15.7 Å². The van der Waals surface area contributed by atoms with Crippen molar-refractivity contribution in [3.63, 3.8) is 0 Å². The summed E-state index contributed by atoms with van der Waals surface area (Å²) in [7, 11) is 3.26. The third kappa shape index (κ3) is 5.75. The number of aromatic nitrogens is 2. The van der Waals surface area contributed by atoms with Crippen molar-refractivity contribution in [1.29, 1.82) is 0 Å². The number of methoxy groups -OCH3 is 2. The maximum absolute atomic E-state index is 12.6. The molecule has 2 amide bonds. The molecule has 0 spiro atoms. The summed E-state index contributed by atoms with van der Waals surface area (Å²) in [5.74, 6) is 1.54. The number of amides is 2. The molecule has 3 aromatic rings. The molecule has 178 valence electrons. The van der Waals surface area contributed by atoms with Crippen LogP contribution < -0.4 is 20.1 Å². The molecule has 8 nitrogen and oxygen atoms in total. The second kappa shape index (κ2) is 10.4. The Kier molecular flexibility index (Phi) is 7.15. The molecule has 1 unspecified atom stereocenters. The molecule has 2 aromatic carbocycles. The maximum Gasteiger partial charge on any atom is 0.220 e. The number of ether oxygens (including phenoxy) is 2. The highest BCUT2D eigenvalue weighted by molar-refractivity contribution is 5.80. The standard InChI is InChI=1S/C26H30N4O4/c1-33-22-8-6-19(7-9-22)15-26(13-11-25(32)29-26)12-10-24(31)27-16-20-17-28-30(18-20)21-4-3-5-23(14-21)34-2/h3-9,14,17-18H,10-13,15-16H2,1-2H3,(H,27,31)(H,29,32). The van der Waals surface area contributed by atoms with E-state index in [-0.39, 0.29) is 11.8 Å². The van der Waals surface area contributed by atoms with Gasteiger partial charge >= 0.3 is 0 Å². The fourth-order valence-corrected chi connectivity index (χ4v) is 4.30. The number of hydrogen-bond donors (Lipinski definition) is 2. The van der Waals surface area contributed by atoms with Crippen LogP contribution in [0.2, 0.25) is 0 Å². The molecular formula is C26H30N4O4. The first-order valence-electron chi connectivity index (χ1n) is 11.4. The van der Waals surface area contributed by atoms with Gasteiger partial charge < -0.3 is 20.1 Å². The SMILES string of the molecule is COc1ccc(CC2(CCC(=O)NCc3cnn(-c4cccc(OC)c4)c3)CCC(=O)N2)cc1. The third-order valence-corrected chi connectivity index (χ3v) is 6.21. The average Bonchev–Trinajstić information content (AvgIpc) is 3.49. The van der Waals surface area contributed by atoms with E-state index >= 15 is 0 Å². The van der Waals surface area contributed by atoms with Crippen LogP contribution in [0, 0.1) is 0 Å². The van der Waals surface area contributed by atoms with E-state index in [1.54, 1.807) is 25.1 Å². The summed E-state index contributed by atoms with van der Waals surface area (Å²) in [6.07, 6.45) is 6.43. The molecule has 0 bridgehead atoms. The second-order valence-electron chi connectivity index (χ2n) is 8.62. The van der Waals surface area contributed by atoms with Crippen molar-refractivity contribution in [1.82, 2.24) is 20.4 Å². The van der Waals surface area contributed by atoms with Gasteiger partial charge in [-0.2, -0.15) is 5.10 Å². The molecule has 0 saturated carbocycles. The van der Waals surface area contributed by atoms with Crippen molar-refractivity contribution in [2.24, 2.45) is 0 Å². The topological polar surface area (TPSA) is 94.5 Å². The molecule has 1 saturated heterocycles. The first-order chi connectivity index (χ1) is 16.5. The van der Waals surface area contributed by atoms with Crippen LogP contribution in [0.3, 0.4) is 0 Å². The molecule has 1 aromatic heterocycles. The molecular weight excluding hydrogens is 432 g/mol. The largest absolute Gasteiger partial charge is 0.497 e.